The summed E-state index contributed by atoms with van der Waals surface area (Å²) in [6.07, 6.45) is -0.431. The highest BCUT2D eigenvalue weighted by Gasteiger charge is 2.22. The quantitative estimate of drug-likeness (QED) is 0.735. The summed E-state index contributed by atoms with van der Waals surface area (Å²) in [4.78, 5) is 23.1. The molecule has 1 aromatic rings. The highest BCUT2D eigenvalue weighted by atomic mass is 16.6. The summed E-state index contributed by atoms with van der Waals surface area (Å²) in [5, 5.41) is 0. The van der Waals surface area contributed by atoms with Crippen molar-refractivity contribution >= 4 is 11.9 Å². The number of esters is 2. The third-order valence-corrected chi connectivity index (χ3v) is 2.18. The van der Waals surface area contributed by atoms with Gasteiger partial charge in [-0.05, 0) is 25.5 Å². The van der Waals surface area contributed by atoms with Gasteiger partial charge in [0.1, 0.15) is 0 Å². The second-order valence-electron chi connectivity index (χ2n) is 3.42. The minimum absolute atomic E-state index is 0.276. The van der Waals surface area contributed by atoms with Crippen molar-refractivity contribution in [2.75, 3.05) is 6.61 Å². The lowest BCUT2D eigenvalue weighted by atomic mass is 10.2. The summed E-state index contributed by atoms with van der Waals surface area (Å²) < 4.78 is 9.90. The molecule has 0 aromatic heterocycles. The molecule has 1 unspecified atom stereocenters. The lowest BCUT2D eigenvalue weighted by Gasteiger charge is -2.14. The van der Waals surface area contributed by atoms with E-state index in [1.165, 1.54) is 0 Å². The first-order valence-electron chi connectivity index (χ1n) is 5.61. The van der Waals surface area contributed by atoms with Crippen molar-refractivity contribution in [1.29, 1.82) is 0 Å². The summed E-state index contributed by atoms with van der Waals surface area (Å²) in [6, 6.07) is 8.56. The topological polar surface area (TPSA) is 52.6 Å². The van der Waals surface area contributed by atoms with Gasteiger partial charge in [0.15, 0.2) is 6.10 Å². The van der Waals surface area contributed by atoms with E-state index in [-0.39, 0.29) is 6.61 Å². The van der Waals surface area contributed by atoms with Crippen LogP contribution < -0.4 is 0 Å². The number of hydrogen-bond donors (Lipinski definition) is 0. The molecule has 0 aliphatic carbocycles. The first-order chi connectivity index (χ1) is 8.19. The van der Waals surface area contributed by atoms with Crippen LogP contribution >= 0.6 is 0 Å². The number of benzene rings is 1. The molecule has 0 N–H and O–H groups in total. The van der Waals surface area contributed by atoms with Crippen molar-refractivity contribution < 1.29 is 19.1 Å². The summed E-state index contributed by atoms with van der Waals surface area (Å²) >= 11 is 0. The maximum absolute atomic E-state index is 11.7. The Hall–Kier alpha value is -1.84. The molecule has 4 nitrogen and oxygen atoms in total. The smallest absolute Gasteiger partial charge is 0.347 e. The van der Waals surface area contributed by atoms with Crippen LogP contribution in [0.25, 0.3) is 0 Å². The average molecular weight is 236 g/mol. The number of carbonyl (C=O) groups excluding carboxylic acids is 2. The van der Waals surface area contributed by atoms with Gasteiger partial charge in [-0.15, -0.1) is 0 Å². The second-order valence-corrected chi connectivity index (χ2v) is 3.42. The van der Waals surface area contributed by atoms with E-state index in [0.29, 0.717) is 12.0 Å². The third-order valence-electron chi connectivity index (χ3n) is 2.18. The van der Waals surface area contributed by atoms with Crippen molar-refractivity contribution in [3.8, 4) is 0 Å². The van der Waals surface area contributed by atoms with Gasteiger partial charge < -0.3 is 9.47 Å². The van der Waals surface area contributed by atoms with Crippen LogP contribution in [0, 0.1) is 0 Å². The SMILES string of the molecule is CCOC(=O)C(CC)OC(=O)c1ccccc1. The van der Waals surface area contributed by atoms with E-state index in [1.54, 1.807) is 44.2 Å². The molecule has 1 rings (SSSR count). The molecule has 0 saturated carbocycles. The fourth-order valence-corrected chi connectivity index (χ4v) is 1.30. The fourth-order valence-electron chi connectivity index (χ4n) is 1.30. The first kappa shape index (κ1) is 13.2. The normalized spacial score (nSPS) is 11.6. The Morgan fingerprint density at radius 3 is 2.35 bits per heavy atom. The van der Waals surface area contributed by atoms with E-state index in [2.05, 4.69) is 0 Å². The Labute approximate surface area is 101 Å². The highest BCUT2D eigenvalue weighted by molar-refractivity contribution is 5.91. The van der Waals surface area contributed by atoms with Gasteiger partial charge in [0.25, 0.3) is 0 Å². The Kier molecular flexibility index (Phi) is 5.20. The zero-order valence-corrected chi connectivity index (χ0v) is 10.0. The lowest BCUT2D eigenvalue weighted by molar-refractivity contribution is -0.153. The number of rotatable bonds is 5. The summed E-state index contributed by atoms with van der Waals surface area (Å²) in [6.45, 7) is 3.75. The molecule has 0 bridgehead atoms. The summed E-state index contributed by atoms with van der Waals surface area (Å²) in [5.74, 6) is -1.01. The van der Waals surface area contributed by atoms with Gasteiger partial charge in [-0.2, -0.15) is 0 Å². The number of carbonyl (C=O) groups is 2. The maximum atomic E-state index is 11.7. The predicted octanol–water partition coefficient (Wildman–Crippen LogP) is 2.19. The van der Waals surface area contributed by atoms with Crippen LogP contribution in [0.4, 0.5) is 0 Å². The molecule has 0 spiro atoms. The summed E-state index contributed by atoms with van der Waals surface area (Å²) in [5.41, 5.74) is 0.426. The van der Waals surface area contributed by atoms with E-state index in [0.717, 1.165) is 0 Å². The standard InChI is InChI=1S/C13H16O4/c1-3-11(13(15)16-4-2)17-12(14)10-8-6-5-7-9-10/h5-9,11H,3-4H2,1-2H3. The molecular formula is C13H16O4. The lowest BCUT2D eigenvalue weighted by Crippen LogP contribution is -2.28. The van der Waals surface area contributed by atoms with Crippen LogP contribution in [0.2, 0.25) is 0 Å². The van der Waals surface area contributed by atoms with E-state index < -0.39 is 18.0 Å². The molecule has 0 radical (unpaired) electrons. The minimum Gasteiger partial charge on any atom is -0.463 e. The first-order valence-corrected chi connectivity index (χ1v) is 5.61. The van der Waals surface area contributed by atoms with Gasteiger partial charge >= 0.3 is 11.9 Å². The van der Waals surface area contributed by atoms with Crippen LogP contribution in [0.15, 0.2) is 30.3 Å². The van der Waals surface area contributed by atoms with E-state index in [9.17, 15) is 9.59 Å². The van der Waals surface area contributed by atoms with Gasteiger partial charge in [0.05, 0.1) is 12.2 Å². The molecule has 0 aliphatic heterocycles. The Morgan fingerprint density at radius 1 is 1.18 bits per heavy atom. The molecule has 0 aliphatic rings. The van der Waals surface area contributed by atoms with Gasteiger partial charge in [-0.25, -0.2) is 9.59 Å². The van der Waals surface area contributed by atoms with Crippen LogP contribution in [-0.2, 0) is 14.3 Å². The molecule has 92 valence electrons. The molecule has 1 aromatic carbocycles. The Bertz CT molecular complexity index is 372. The largest absolute Gasteiger partial charge is 0.463 e. The van der Waals surface area contributed by atoms with Crippen LogP contribution in [0.5, 0.6) is 0 Å². The summed E-state index contributed by atoms with van der Waals surface area (Å²) in [7, 11) is 0. The van der Waals surface area contributed by atoms with E-state index in [4.69, 9.17) is 9.47 Å². The molecule has 4 heteroatoms. The molecule has 0 heterocycles. The third kappa shape index (κ3) is 3.90. The van der Waals surface area contributed by atoms with Gasteiger partial charge in [-0.1, -0.05) is 25.1 Å². The van der Waals surface area contributed by atoms with Crippen LogP contribution in [-0.4, -0.2) is 24.6 Å². The van der Waals surface area contributed by atoms with E-state index >= 15 is 0 Å². The van der Waals surface area contributed by atoms with Crippen molar-refractivity contribution in [2.24, 2.45) is 0 Å². The van der Waals surface area contributed by atoms with E-state index in [1.807, 2.05) is 0 Å². The maximum Gasteiger partial charge on any atom is 0.347 e. The monoisotopic (exact) mass is 236 g/mol. The molecule has 0 fully saturated rings. The molecular weight excluding hydrogens is 220 g/mol. The predicted molar refractivity (Wildman–Crippen MR) is 62.6 cm³/mol. The second kappa shape index (κ2) is 6.68. The van der Waals surface area contributed by atoms with Crippen molar-refractivity contribution in [3.05, 3.63) is 35.9 Å². The Balaban J connectivity index is 2.63. The van der Waals surface area contributed by atoms with Gasteiger partial charge in [-0.3, -0.25) is 0 Å². The molecule has 0 saturated heterocycles. The fraction of sp³-hybridized carbons (Fsp3) is 0.385. The number of hydrogen-bond acceptors (Lipinski definition) is 4. The average Bonchev–Trinajstić information content (AvgIpc) is 2.37. The highest BCUT2D eigenvalue weighted by Crippen LogP contribution is 2.07. The van der Waals surface area contributed by atoms with Crippen molar-refractivity contribution in [2.45, 2.75) is 26.4 Å². The van der Waals surface area contributed by atoms with Gasteiger partial charge in [0.2, 0.25) is 0 Å². The van der Waals surface area contributed by atoms with Crippen molar-refractivity contribution in [3.63, 3.8) is 0 Å². The molecule has 1 atom stereocenters. The molecule has 17 heavy (non-hydrogen) atoms. The number of ether oxygens (including phenoxy) is 2. The Morgan fingerprint density at radius 2 is 1.82 bits per heavy atom. The zero-order valence-electron chi connectivity index (χ0n) is 10.0. The van der Waals surface area contributed by atoms with Crippen LogP contribution in [0.1, 0.15) is 30.6 Å². The van der Waals surface area contributed by atoms with Gasteiger partial charge in [0, 0.05) is 0 Å². The van der Waals surface area contributed by atoms with Crippen LogP contribution in [0.3, 0.4) is 0 Å². The van der Waals surface area contributed by atoms with Crippen molar-refractivity contribution in [1.82, 2.24) is 0 Å². The molecule has 0 amide bonds. The zero-order chi connectivity index (χ0) is 12.7. The minimum atomic E-state index is -0.831.